The molecule has 0 amide bonds. The average molecular weight is 214 g/mol. The summed E-state index contributed by atoms with van der Waals surface area (Å²) in [7, 11) is 1.74. The van der Waals surface area contributed by atoms with E-state index in [1.165, 1.54) is 6.42 Å². The van der Waals surface area contributed by atoms with E-state index in [2.05, 4.69) is 29.5 Å². The van der Waals surface area contributed by atoms with Gasteiger partial charge in [-0.1, -0.05) is 35.9 Å². The maximum Gasteiger partial charge on any atom is 0.108 e. The molecule has 0 bridgehead atoms. The third-order valence-electron chi connectivity index (χ3n) is 0.771. The first-order valence-electron chi connectivity index (χ1n) is 2.48. The molecule has 1 nitrogen and oxygen atoms in total. The van der Waals surface area contributed by atoms with Crippen molar-refractivity contribution < 1.29 is 4.74 Å². The van der Waals surface area contributed by atoms with Gasteiger partial charge in [-0.15, -0.1) is 0 Å². The van der Waals surface area contributed by atoms with E-state index in [-0.39, 0.29) is 0 Å². The van der Waals surface area contributed by atoms with E-state index in [1.54, 1.807) is 7.11 Å². The van der Waals surface area contributed by atoms with Gasteiger partial charge in [0.1, 0.15) is 4.11 Å². The minimum absolute atomic E-state index is 0.419. The zero-order valence-corrected chi connectivity index (χ0v) is 6.94. The van der Waals surface area contributed by atoms with E-state index in [0.717, 1.165) is 6.42 Å². The second-order valence-corrected chi connectivity index (χ2v) is 2.82. The molecule has 0 rings (SSSR count). The summed E-state index contributed by atoms with van der Waals surface area (Å²) in [6.07, 6.45) is 2.37. The molecule has 0 aromatic carbocycles. The Hall–Kier alpha value is 0.690. The zero-order chi connectivity index (χ0) is 5.70. The minimum atomic E-state index is 0.419. The molecule has 0 heterocycles. The molecule has 0 N–H and O–H groups in total. The van der Waals surface area contributed by atoms with Crippen molar-refractivity contribution in [2.24, 2.45) is 0 Å². The van der Waals surface area contributed by atoms with Crippen LogP contribution in [0.3, 0.4) is 0 Å². The van der Waals surface area contributed by atoms with Crippen LogP contribution >= 0.6 is 22.6 Å². The number of alkyl halides is 1. The normalized spacial score (nSPS) is 14.1. The van der Waals surface area contributed by atoms with Gasteiger partial charge in [0, 0.05) is 7.11 Å². The number of hydrogen-bond donors (Lipinski definition) is 0. The predicted octanol–water partition coefficient (Wildman–Crippen LogP) is 2.19. The Bertz CT molecular complexity index is 39.1. The molecular formula is C5H11IO. The first-order chi connectivity index (χ1) is 3.31. The molecule has 0 aliphatic carbocycles. The van der Waals surface area contributed by atoms with Crippen LogP contribution in [0.1, 0.15) is 19.8 Å². The molecule has 0 aliphatic rings. The number of ether oxygens (including phenoxy) is 1. The van der Waals surface area contributed by atoms with E-state index in [4.69, 9.17) is 4.74 Å². The van der Waals surface area contributed by atoms with E-state index in [9.17, 15) is 0 Å². The van der Waals surface area contributed by atoms with Crippen LogP contribution in [-0.2, 0) is 4.74 Å². The van der Waals surface area contributed by atoms with Gasteiger partial charge in [0.15, 0.2) is 0 Å². The molecule has 0 aromatic heterocycles. The third kappa shape index (κ3) is 4.55. The summed E-state index contributed by atoms with van der Waals surface area (Å²) in [4.78, 5) is 0. The second-order valence-electron chi connectivity index (χ2n) is 1.43. The lowest BCUT2D eigenvalue weighted by Gasteiger charge is -2.02. The highest BCUT2D eigenvalue weighted by atomic mass is 127. The monoisotopic (exact) mass is 214 g/mol. The Balaban J connectivity index is 2.83. The van der Waals surface area contributed by atoms with Gasteiger partial charge >= 0.3 is 0 Å². The Morgan fingerprint density at radius 3 is 2.43 bits per heavy atom. The fourth-order valence-corrected chi connectivity index (χ4v) is 0.968. The van der Waals surface area contributed by atoms with Gasteiger partial charge in [-0.05, 0) is 6.42 Å². The lowest BCUT2D eigenvalue weighted by molar-refractivity contribution is 0.178. The first kappa shape index (κ1) is 7.69. The standard InChI is InChI=1S/C5H11IO/c1-3-4-5(6)7-2/h5H,3-4H2,1-2H3. The summed E-state index contributed by atoms with van der Waals surface area (Å²) >= 11 is 2.28. The quantitative estimate of drug-likeness (QED) is 0.516. The average Bonchev–Trinajstić information content (AvgIpc) is 1.68. The highest BCUT2D eigenvalue weighted by Gasteiger charge is 1.95. The molecule has 0 radical (unpaired) electrons. The molecular weight excluding hydrogens is 203 g/mol. The Kier molecular flexibility index (Phi) is 5.32. The van der Waals surface area contributed by atoms with Crippen LogP contribution in [0, 0.1) is 0 Å². The van der Waals surface area contributed by atoms with E-state index in [1.807, 2.05) is 0 Å². The lowest BCUT2D eigenvalue weighted by atomic mass is 10.4. The van der Waals surface area contributed by atoms with Gasteiger partial charge in [-0.3, -0.25) is 0 Å². The maximum absolute atomic E-state index is 4.98. The Morgan fingerprint density at radius 2 is 2.29 bits per heavy atom. The SMILES string of the molecule is CCCC(I)OC. The summed E-state index contributed by atoms with van der Waals surface area (Å²) in [5.41, 5.74) is 0. The highest BCUT2D eigenvalue weighted by molar-refractivity contribution is 14.1. The summed E-state index contributed by atoms with van der Waals surface area (Å²) in [5.74, 6) is 0. The van der Waals surface area contributed by atoms with Gasteiger partial charge in [0.2, 0.25) is 0 Å². The van der Waals surface area contributed by atoms with E-state index in [0.29, 0.717) is 4.11 Å². The van der Waals surface area contributed by atoms with Crippen LogP contribution in [0.5, 0.6) is 0 Å². The number of methoxy groups -OCH3 is 1. The van der Waals surface area contributed by atoms with Crippen molar-refractivity contribution in [1.82, 2.24) is 0 Å². The van der Waals surface area contributed by atoms with Gasteiger partial charge in [-0.2, -0.15) is 0 Å². The number of rotatable bonds is 3. The lowest BCUT2D eigenvalue weighted by Crippen LogP contribution is -1.97. The van der Waals surface area contributed by atoms with Crippen molar-refractivity contribution in [3.63, 3.8) is 0 Å². The summed E-state index contributed by atoms with van der Waals surface area (Å²) in [6, 6.07) is 0. The summed E-state index contributed by atoms with van der Waals surface area (Å²) in [5, 5.41) is 0. The summed E-state index contributed by atoms with van der Waals surface area (Å²) < 4.78 is 5.40. The fourth-order valence-electron chi connectivity index (χ4n) is 0.345. The smallest absolute Gasteiger partial charge is 0.108 e. The molecule has 1 atom stereocenters. The molecule has 7 heavy (non-hydrogen) atoms. The molecule has 0 spiro atoms. The van der Waals surface area contributed by atoms with E-state index < -0.39 is 0 Å². The molecule has 0 saturated heterocycles. The third-order valence-corrected chi connectivity index (χ3v) is 1.90. The van der Waals surface area contributed by atoms with Crippen molar-refractivity contribution in [3.8, 4) is 0 Å². The molecule has 44 valence electrons. The van der Waals surface area contributed by atoms with Gasteiger partial charge in [0.25, 0.3) is 0 Å². The van der Waals surface area contributed by atoms with Crippen molar-refractivity contribution in [2.45, 2.75) is 23.9 Å². The van der Waals surface area contributed by atoms with Crippen molar-refractivity contribution in [2.75, 3.05) is 7.11 Å². The van der Waals surface area contributed by atoms with Crippen molar-refractivity contribution >= 4 is 22.6 Å². The van der Waals surface area contributed by atoms with Crippen molar-refractivity contribution in [1.29, 1.82) is 0 Å². The molecule has 1 unspecified atom stereocenters. The van der Waals surface area contributed by atoms with Crippen LogP contribution in [0.4, 0.5) is 0 Å². The molecule has 0 aliphatic heterocycles. The highest BCUT2D eigenvalue weighted by Crippen LogP contribution is 2.07. The number of hydrogen-bond acceptors (Lipinski definition) is 1. The molecule has 0 fully saturated rings. The molecule has 2 heteroatoms. The van der Waals surface area contributed by atoms with Gasteiger partial charge in [-0.25, -0.2) is 0 Å². The van der Waals surface area contributed by atoms with Crippen LogP contribution in [-0.4, -0.2) is 11.2 Å². The van der Waals surface area contributed by atoms with Gasteiger partial charge in [0.05, 0.1) is 0 Å². The molecule has 0 aromatic rings. The van der Waals surface area contributed by atoms with Crippen molar-refractivity contribution in [3.05, 3.63) is 0 Å². The Labute approximate surface area is 58.6 Å². The minimum Gasteiger partial charge on any atom is -0.371 e. The Morgan fingerprint density at radius 1 is 1.71 bits per heavy atom. The first-order valence-corrected chi connectivity index (χ1v) is 3.72. The topological polar surface area (TPSA) is 9.23 Å². The zero-order valence-electron chi connectivity index (χ0n) is 4.78. The predicted molar refractivity (Wildman–Crippen MR) is 39.7 cm³/mol. The largest absolute Gasteiger partial charge is 0.371 e. The van der Waals surface area contributed by atoms with Crippen LogP contribution in [0.2, 0.25) is 0 Å². The molecule has 0 saturated carbocycles. The van der Waals surface area contributed by atoms with E-state index >= 15 is 0 Å². The fraction of sp³-hybridized carbons (Fsp3) is 1.00. The summed E-state index contributed by atoms with van der Waals surface area (Å²) in [6.45, 7) is 2.16. The van der Waals surface area contributed by atoms with Crippen LogP contribution in [0.25, 0.3) is 0 Å². The van der Waals surface area contributed by atoms with Gasteiger partial charge < -0.3 is 4.74 Å². The number of halogens is 1. The van der Waals surface area contributed by atoms with Crippen LogP contribution in [0.15, 0.2) is 0 Å². The van der Waals surface area contributed by atoms with Crippen LogP contribution < -0.4 is 0 Å². The maximum atomic E-state index is 4.98. The second kappa shape index (κ2) is 4.84.